The van der Waals surface area contributed by atoms with Crippen LogP contribution in [-0.2, 0) is 14.8 Å². The van der Waals surface area contributed by atoms with E-state index in [9.17, 15) is 13.2 Å². The molecule has 8 nitrogen and oxygen atoms in total. The van der Waals surface area contributed by atoms with Gasteiger partial charge in [0.25, 0.3) is 5.91 Å². The van der Waals surface area contributed by atoms with Gasteiger partial charge in [-0.25, -0.2) is 13.8 Å². The highest BCUT2D eigenvalue weighted by Crippen LogP contribution is 2.28. The van der Waals surface area contributed by atoms with Crippen LogP contribution < -0.4 is 19.2 Å². The number of amides is 1. The number of sulfonamides is 1. The standard InChI is InChI=1S/C22H29N3O5S/c1-7-18(17-10-11-20(29-4)21(13-17)30-5)23-24-22(26)14-25(31(6,27)28)19-12-15(2)8-9-16(19)3/h8-13H,7,14H2,1-6H3,(H,24,26)/b23-18-. The Balaban J connectivity index is 2.25. The topological polar surface area (TPSA) is 97.3 Å². The predicted molar refractivity (Wildman–Crippen MR) is 123 cm³/mol. The number of ether oxygens (including phenoxy) is 2. The molecule has 31 heavy (non-hydrogen) atoms. The van der Waals surface area contributed by atoms with Crippen LogP contribution in [-0.4, -0.2) is 47.1 Å². The molecule has 1 amide bonds. The van der Waals surface area contributed by atoms with Crippen LogP contribution in [0.4, 0.5) is 5.69 Å². The highest BCUT2D eigenvalue weighted by molar-refractivity contribution is 7.92. The Bertz CT molecular complexity index is 1080. The van der Waals surface area contributed by atoms with Crippen LogP contribution in [0.15, 0.2) is 41.5 Å². The van der Waals surface area contributed by atoms with Crippen LogP contribution in [0.2, 0.25) is 0 Å². The zero-order valence-corrected chi connectivity index (χ0v) is 19.5. The lowest BCUT2D eigenvalue weighted by molar-refractivity contribution is -0.119. The summed E-state index contributed by atoms with van der Waals surface area (Å²) in [5, 5.41) is 4.21. The molecule has 0 aliphatic carbocycles. The molecule has 0 atom stereocenters. The first kappa shape index (κ1) is 24.2. The first-order valence-corrected chi connectivity index (χ1v) is 11.6. The van der Waals surface area contributed by atoms with E-state index < -0.39 is 15.9 Å². The van der Waals surface area contributed by atoms with Gasteiger partial charge in [-0.05, 0) is 55.7 Å². The van der Waals surface area contributed by atoms with Gasteiger partial charge < -0.3 is 9.47 Å². The van der Waals surface area contributed by atoms with Crippen LogP contribution >= 0.6 is 0 Å². The molecule has 0 bridgehead atoms. The summed E-state index contributed by atoms with van der Waals surface area (Å²) in [5.74, 6) is 0.589. The van der Waals surface area contributed by atoms with Crippen molar-refractivity contribution in [2.75, 3.05) is 31.3 Å². The van der Waals surface area contributed by atoms with Crippen molar-refractivity contribution >= 4 is 27.3 Å². The Kier molecular flexibility index (Phi) is 8.04. The van der Waals surface area contributed by atoms with E-state index in [-0.39, 0.29) is 6.54 Å². The number of hydrazone groups is 1. The van der Waals surface area contributed by atoms with Gasteiger partial charge in [-0.2, -0.15) is 5.10 Å². The van der Waals surface area contributed by atoms with E-state index in [1.807, 2.05) is 32.0 Å². The predicted octanol–water partition coefficient (Wildman–Crippen LogP) is 3.02. The van der Waals surface area contributed by atoms with Crippen LogP contribution in [0.5, 0.6) is 11.5 Å². The van der Waals surface area contributed by atoms with E-state index in [0.29, 0.717) is 29.3 Å². The molecule has 2 aromatic rings. The minimum atomic E-state index is -3.67. The molecule has 2 rings (SSSR count). The Hall–Kier alpha value is -3.07. The molecule has 168 valence electrons. The van der Waals surface area contributed by atoms with Gasteiger partial charge >= 0.3 is 0 Å². The smallest absolute Gasteiger partial charge is 0.260 e. The maximum atomic E-state index is 12.6. The fourth-order valence-corrected chi connectivity index (χ4v) is 3.93. The maximum absolute atomic E-state index is 12.6. The second-order valence-corrected chi connectivity index (χ2v) is 8.98. The zero-order chi connectivity index (χ0) is 23.2. The number of carbonyl (C=O) groups is 1. The van der Waals surface area contributed by atoms with Crippen molar-refractivity contribution in [3.05, 3.63) is 53.1 Å². The lowest BCUT2D eigenvalue weighted by Gasteiger charge is -2.23. The van der Waals surface area contributed by atoms with Crippen molar-refractivity contribution in [2.45, 2.75) is 27.2 Å². The molecule has 0 saturated heterocycles. The highest BCUT2D eigenvalue weighted by atomic mass is 32.2. The Labute approximate surface area is 183 Å². The van der Waals surface area contributed by atoms with E-state index in [4.69, 9.17) is 9.47 Å². The summed E-state index contributed by atoms with van der Waals surface area (Å²) >= 11 is 0. The van der Waals surface area contributed by atoms with Crippen molar-refractivity contribution < 1.29 is 22.7 Å². The summed E-state index contributed by atoms with van der Waals surface area (Å²) in [6.07, 6.45) is 1.62. The van der Waals surface area contributed by atoms with Crippen molar-refractivity contribution in [1.82, 2.24) is 5.43 Å². The SMILES string of the molecule is CC/C(=N/NC(=O)CN(c1cc(C)ccc1C)S(C)(=O)=O)c1ccc(OC)c(OC)c1. The number of hydrogen-bond acceptors (Lipinski definition) is 6. The molecule has 1 N–H and O–H groups in total. The molecule has 0 aromatic heterocycles. The fraction of sp³-hybridized carbons (Fsp3) is 0.364. The summed E-state index contributed by atoms with van der Waals surface area (Å²) in [6.45, 7) is 5.19. The number of benzene rings is 2. The Morgan fingerprint density at radius 3 is 2.32 bits per heavy atom. The van der Waals surface area contributed by atoms with Gasteiger partial charge in [0, 0.05) is 5.56 Å². The van der Waals surface area contributed by atoms with Crippen molar-refractivity contribution in [1.29, 1.82) is 0 Å². The third-order valence-corrected chi connectivity index (χ3v) is 5.81. The van der Waals surface area contributed by atoms with E-state index in [0.717, 1.165) is 27.3 Å². The molecule has 0 saturated carbocycles. The molecule has 0 radical (unpaired) electrons. The molecule has 0 heterocycles. The first-order valence-electron chi connectivity index (χ1n) is 9.73. The van der Waals surface area contributed by atoms with Crippen LogP contribution in [0.1, 0.15) is 30.0 Å². The minimum absolute atomic E-state index is 0.379. The lowest BCUT2D eigenvalue weighted by Crippen LogP contribution is -2.39. The molecule has 0 aliphatic heterocycles. The minimum Gasteiger partial charge on any atom is -0.493 e. The van der Waals surface area contributed by atoms with Gasteiger partial charge in [-0.3, -0.25) is 9.10 Å². The molecule has 0 spiro atoms. The molecule has 2 aromatic carbocycles. The Morgan fingerprint density at radius 2 is 1.74 bits per heavy atom. The molecular weight excluding hydrogens is 418 g/mol. The number of aryl methyl sites for hydroxylation is 2. The van der Waals surface area contributed by atoms with E-state index >= 15 is 0 Å². The van der Waals surface area contributed by atoms with E-state index in [1.165, 1.54) is 0 Å². The van der Waals surface area contributed by atoms with Gasteiger partial charge in [-0.1, -0.05) is 19.1 Å². The van der Waals surface area contributed by atoms with Crippen molar-refractivity contribution in [3.63, 3.8) is 0 Å². The maximum Gasteiger partial charge on any atom is 0.260 e. The first-order chi connectivity index (χ1) is 14.6. The molecule has 0 aliphatic rings. The largest absolute Gasteiger partial charge is 0.493 e. The Morgan fingerprint density at radius 1 is 1.06 bits per heavy atom. The van der Waals surface area contributed by atoms with E-state index in [1.54, 1.807) is 39.3 Å². The third kappa shape index (κ3) is 6.21. The molecule has 0 fully saturated rings. The van der Waals surface area contributed by atoms with Crippen LogP contribution in [0.25, 0.3) is 0 Å². The lowest BCUT2D eigenvalue weighted by atomic mass is 10.1. The molecular formula is C22H29N3O5S. The normalized spacial score (nSPS) is 11.7. The monoisotopic (exact) mass is 447 g/mol. The average molecular weight is 448 g/mol. The third-order valence-electron chi connectivity index (χ3n) is 4.69. The number of nitrogens with one attached hydrogen (secondary N) is 1. The fourth-order valence-electron chi connectivity index (χ4n) is 3.03. The van der Waals surface area contributed by atoms with Crippen LogP contribution in [0, 0.1) is 13.8 Å². The second kappa shape index (κ2) is 10.3. The number of hydrogen-bond donors (Lipinski definition) is 1. The number of methoxy groups -OCH3 is 2. The van der Waals surface area contributed by atoms with Gasteiger partial charge in [0.05, 0.1) is 31.9 Å². The summed E-state index contributed by atoms with van der Waals surface area (Å²) in [5.41, 5.74) is 5.98. The highest BCUT2D eigenvalue weighted by Gasteiger charge is 2.22. The number of nitrogens with zero attached hydrogens (tertiary/aromatic N) is 2. The number of anilines is 1. The summed E-state index contributed by atoms with van der Waals surface area (Å²) < 4.78 is 36.4. The molecule has 9 heteroatoms. The van der Waals surface area contributed by atoms with Crippen molar-refractivity contribution in [2.24, 2.45) is 5.10 Å². The quantitative estimate of drug-likeness (QED) is 0.471. The van der Waals surface area contributed by atoms with Gasteiger partial charge in [0.2, 0.25) is 10.0 Å². The molecule has 0 unspecified atom stereocenters. The number of rotatable bonds is 9. The van der Waals surface area contributed by atoms with Crippen LogP contribution in [0.3, 0.4) is 0 Å². The summed E-state index contributed by atoms with van der Waals surface area (Å²) in [7, 11) is -0.579. The average Bonchev–Trinajstić information content (AvgIpc) is 2.73. The zero-order valence-electron chi connectivity index (χ0n) is 18.7. The van der Waals surface area contributed by atoms with E-state index in [2.05, 4.69) is 10.5 Å². The second-order valence-electron chi connectivity index (χ2n) is 7.08. The van der Waals surface area contributed by atoms with Gasteiger partial charge in [0.1, 0.15) is 6.54 Å². The summed E-state index contributed by atoms with van der Waals surface area (Å²) in [6, 6.07) is 10.8. The van der Waals surface area contributed by atoms with Crippen molar-refractivity contribution in [3.8, 4) is 11.5 Å². The number of carbonyl (C=O) groups excluding carboxylic acids is 1. The van der Waals surface area contributed by atoms with Gasteiger partial charge in [-0.15, -0.1) is 0 Å². The van der Waals surface area contributed by atoms with Gasteiger partial charge in [0.15, 0.2) is 11.5 Å². The summed E-state index contributed by atoms with van der Waals surface area (Å²) in [4.78, 5) is 12.6.